The Bertz CT molecular complexity index is 395. The topological polar surface area (TPSA) is 59.5 Å². The first-order valence-electron chi connectivity index (χ1n) is 5.60. The van der Waals surface area contributed by atoms with Gasteiger partial charge in [-0.25, -0.2) is 0 Å². The van der Waals surface area contributed by atoms with Crippen LogP contribution in [0.15, 0.2) is 16.5 Å². The van der Waals surface area contributed by atoms with Gasteiger partial charge in [0.1, 0.15) is 5.76 Å². The molecule has 4 nitrogen and oxygen atoms in total. The van der Waals surface area contributed by atoms with Crippen LogP contribution in [0.4, 0.5) is 0 Å². The Morgan fingerprint density at radius 2 is 2.31 bits per heavy atom. The average molecular weight is 222 g/mol. The maximum Gasteiger partial charge on any atom is 0.289 e. The molecule has 4 heteroatoms. The van der Waals surface area contributed by atoms with E-state index in [2.05, 4.69) is 13.8 Å². The van der Waals surface area contributed by atoms with E-state index in [0.717, 1.165) is 19.5 Å². The van der Waals surface area contributed by atoms with Gasteiger partial charge in [0.05, 0.1) is 6.54 Å². The summed E-state index contributed by atoms with van der Waals surface area (Å²) in [5.74, 6) is 1.03. The minimum Gasteiger partial charge on any atom is -0.455 e. The SMILES string of the molecule is CC1(C)CCN(C(=O)c2ccc(CN)o2)C1. The van der Waals surface area contributed by atoms with Crippen molar-refractivity contribution in [1.82, 2.24) is 4.90 Å². The largest absolute Gasteiger partial charge is 0.455 e. The number of carbonyl (C=O) groups excluding carboxylic acids is 1. The molecule has 0 unspecified atom stereocenters. The van der Waals surface area contributed by atoms with E-state index in [1.165, 1.54) is 0 Å². The molecule has 2 rings (SSSR count). The number of hydrogen-bond acceptors (Lipinski definition) is 3. The highest BCUT2D eigenvalue weighted by Crippen LogP contribution is 2.29. The lowest BCUT2D eigenvalue weighted by molar-refractivity contribution is 0.0745. The van der Waals surface area contributed by atoms with E-state index in [1.54, 1.807) is 12.1 Å². The van der Waals surface area contributed by atoms with Gasteiger partial charge in [0.25, 0.3) is 5.91 Å². The molecule has 0 saturated carbocycles. The highest BCUT2D eigenvalue weighted by atomic mass is 16.4. The number of nitrogens with two attached hydrogens (primary N) is 1. The van der Waals surface area contributed by atoms with Crippen LogP contribution in [0.25, 0.3) is 0 Å². The van der Waals surface area contributed by atoms with E-state index in [-0.39, 0.29) is 11.3 Å². The van der Waals surface area contributed by atoms with Crippen molar-refractivity contribution in [3.8, 4) is 0 Å². The van der Waals surface area contributed by atoms with Crippen LogP contribution < -0.4 is 5.73 Å². The fourth-order valence-corrected chi connectivity index (χ4v) is 2.04. The highest BCUT2D eigenvalue weighted by molar-refractivity contribution is 5.91. The lowest BCUT2D eigenvalue weighted by Crippen LogP contribution is -2.29. The maximum absolute atomic E-state index is 12.1. The standard InChI is InChI=1S/C12H18N2O2/c1-12(2)5-6-14(8-12)11(15)10-4-3-9(7-13)16-10/h3-4H,5-8,13H2,1-2H3. The van der Waals surface area contributed by atoms with Crippen LogP contribution >= 0.6 is 0 Å². The second-order valence-electron chi connectivity index (χ2n) is 5.11. The molecular weight excluding hydrogens is 204 g/mol. The van der Waals surface area contributed by atoms with Gasteiger partial charge in [0.2, 0.25) is 0 Å². The Balaban J connectivity index is 2.08. The number of likely N-dealkylation sites (tertiary alicyclic amines) is 1. The Morgan fingerprint density at radius 1 is 1.56 bits per heavy atom. The van der Waals surface area contributed by atoms with Gasteiger partial charge in [-0.3, -0.25) is 4.79 Å². The fraction of sp³-hybridized carbons (Fsp3) is 0.583. The van der Waals surface area contributed by atoms with E-state index >= 15 is 0 Å². The van der Waals surface area contributed by atoms with Crippen LogP contribution in [0, 0.1) is 5.41 Å². The molecule has 16 heavy (non-hydrogen) atoms. The third-order valence-electron chi connectivity index (χ3n) is 3.04. The summed E-state index contributed by atoms with van der Waals surface area (Å²) >= 11 is 0. The Kier molecular flexibility index (Phi) is 2.76. The molecule has 1 aromatic rings. The molecule has 1 aliphatic rings. The molecule has 0 radical (unpaired) electrons. The van der Waals surface area contributed by atoms with Gasteiger partial charge in [-0.2, -0.15) is 0 Å². The first-order valence-corrected chi connectivity index (χ1v) is 5.60. The summed E-state index contributed by atoms with van der Waals surface area (Å²) in [5, 5.41) is 0. The summed E-state index contributed by atoms with van der Waals surface area (Å²) < 4.78 is 5.36. The van der Waals surface area contributed by atoms with Crippen LogP contribution in [-0.2, 0) is 6.54 Å². The monoisotopic (exact) mass is 222 g/mol. The zero-order valence-electron chi connectivity index (χ0n) is 9.82. The average Bonchev–Trinajstić information content (AvgIpc) is 2.83. The van der Waals surface area contributed by atoms with Gasteiger partial charge in [-0.05, 0) is 24.0 Å². The Morgan fingerprint density at radius 3 is 2.81 bits per heavy atom. The molecule has 1 aliphatic heterocycles. The summed E-state index contributed by atoms with van der Waals surface area (Å²) in [6, 6.07) is 3.46. The molecule has 0 spiro atoms. The van der Waals surface area contributed by atoms with Crippen molar-refractivity contribution < 1.29 is 9.21 Å². The van der Waals surface area contributed by atoms with Crippen LogP contribution in [-0.4, -0.2) is 23.9 Å². The minimum atomic E-state index is -0.0229. The third-order valence-corrected chi connectivity index (χ3v) is 3.04. The van der Waals surface area contributed by atoms with Gasteiger partial charge in [-0.1, -0.05) is 13.8 Å². The lowest BCUT2D eigenvalue weighted by atomic mass is 9.93. The van der Waals surface area contributed by atoms with Crippen molar-refractivity contribution in [2.24, 2.45) is 11.1 Å². The van der Waals surface area contributed by atoms with Crippen LogP contribution in [0.3, 0.4) is 0 Å². The van der Waals surface area contributed by atoms with Gasteiger partial charge >= 0.3 is 0 Å². The fourth-order valence-electron chi connectivity index (χ4n) is 2.04. The summed E-state index contributed by atoms with van der Waals surface area (Å²) in [4.78, 5) is 13.9. The highest BCUT2D eigenvalue weighted by Gasteiger charge is 2.33. The number of furan rings is 1. The molecule has 0 bridgehead atoms. The molecule has 1 fully saturated rings. The maximum atomic E-state index is 12.1. The van der Waals surface area contributed by atoms with Crippen molar-refractivity contribution in [1.29, 1.82) is 0 Å². The predicted octanol–water partition coefficient (Wildman–Crippen LogP) is 1.61. The number of nitrogens with zero attached hydrogens (tertiary/aromatic N) is 1. The predicted molar refractivity (Wildman–Crippen MR) is 60.9 cm³/mol. The molecule has 1 aromatic heterocycles. The summed E-state index contributed by atoms with van der Waals surface area (Å²) in [5.41, 5.74) is 5.66. The molecule has 0 atom stereocenters. The minimum absolute atomic E-state index is 0.0229. The van der Waals surface area contributed by atoms with Gasteiger partial charge in [0.15, 0.2) is 5.76 Å². The van der Waals surface area contributed by atoms with Crippen LogP contribution in [0.5, 0.6) is 0 Å². The summed E-state index contributed by atoms with van der Waals surface area (Å²) in [7, 11) is 0. The number of amides is 1. The number of carbonyl (C=O) groups is 1. The van der Waals surface area contributed by atoms with E-state index < -0.39 is 0 Å². The van der Waals surface area contributed by atoms with Gasteiger partial charge in [0, 0.05) is 13.1 Å². The molecule has 0 aliphatic carbocycles. The van der Waals surface area contributed by atoms with Crippen LogP contribution in [0.2, 0.25) is 0 Å². The lowest BCUT2D eigenvalue weighted by Gasteiger charge is -2.18. The van der Waals surface area contributed by atoms with E-state index in [0.29, 0.717) is 18.1 Å². The molecule has 88 valence electrons. The van der Waals surface area contributed by atoms with Gasteiger partial charge in [-0.15, -0.1) is 0 Å². The van der Waals surface area contributed by atoms with E-state index in [9.17, 15) is 4.79 Å². The smallest absolute Gasteiger partial charge is 0.289 e. The summed E-state index contributed by atoms with van der Waals surface area (Å²) in [6.07, 6.45) is 1.04. The summed E-state index contributed by atoms with van der Waals surface area (Å²) in [6.45, 7) is 6.29. The van der Waals surface area contributed by atoms with E-state index in [1.807, 2.05) is 4.90 Å². The molecule has 1 amide bonds. The second-order valence-corrected chi connectivity index (χ2v) is 5.11. The van der Waals surface area contributed by atoms with Crippen molar-refractivity contribution in [3.05, 3.63) is 23.7 Å². The van der Waals surface area contributed by atoms with Gasteiger partial charge < -0.3 is 15.1 Å². The van der Waals surface area contributed by atoms with Crippen molar-refractivity contribution in [2.45, 2.75) is 26.8 Å². The third kappa shape index (κ3) is 2.11. The second kappa shape index (κ2) is 3.94. The first kappa shape index (κ1) is 11.2. The Hall–Kier alpha value is -1.29. The molecule has 0 aromatic carbocycles. The van der Waals surface area contributed by atoms with Crippen molar-refractivity contribution in [2.75, 3.05) is 13.1 Å². The zero-order chi connectivity index (χ0) is 11.8. The molecule has 2 N–H and O–H groups in total. The quantitative estimate of drug-likeness (QED) is 0.827. The molecular formula is C12H18N2O2. The number of rotatable bonds is 2. The molecule has 2 heterocycles. The normalized spacial score (nSPS) is 19.1. The molecule has 1 saturated heterocycles. The Labute approximate surface area is 95.4 Å². The van der Waals surface area contributed by atoms with E-state index in [4.69, 9.17) is 10.2 Å². The van der Waals surface area contributed by atoms with Crippen molar-refractivity contribution in [3.63, 3.8) is 0 Å². The zero-order valence-corrected chi connectivity index (χ0v) is 9.82. The van der Waals surface area contributed by atoms with Crippen LogP contribution in [0.1, 0.15) is 36.6 Å². The first-order chi connectivity index (χ1) is 7.52. The number of hydrogen-bond donors (Lipinski definition) is 1. The van der Waals surface area contributed by atoms with Crippen molar-refractivity contribution >= 4 is 5.91 Å².